The highest BCUT2D eigenvalue weighted by atomic mass is 16.7. The number of piperidine rings is 1. The van der Waals surface area contributed by atoms with Gasteiger partial charge in [-0.2, -0.15) is 0 Å². The van der Waals surface area contributed by atoms with Crippen molar-refractivity contribution in [3.63, 3.8) is 0 Å². The molecular formula is C10H18N2O2. The summed E-state index contributed by atoms with van der Waals surface area (Å²) in [4.78, 5) is 16.9. The minimum Gasteiger partial charge on any atom is -0.316 e. The summed E-state index contributed by atoms with van der Waals surface area (Å²) in [5, 5.41) is 4.90. The van der Waals surface area contributed by atoms with Gasteiger partial charge in [0.05, 0.1) is 19.1 Å². The lowest BCUT2D eigenvalue weighted by molar-refractivity contribution is -0.174. The molecule has 0 aliphatic carbocycles. The average molecular weight is 198 g/mol. The molecule has 2 aliphatic rings. The third-order valence-electron chi connectivity index (χ3n) is 2.87. The lowest BCUT2D eigenvalue weighted by atomic mass is 10.00. The predicted molar refractivity (Wildman–Crippen MR) is 52.5 cm³/mol. The number of carbonyl (C=O) groups is 1. The van der Waals surface area contributed by atoms with Gasteiger partial charge in [-0.15, -0.1) is 0 Å². The van der Waals surface area contributed by atoms with Crippen LogP contribution < -0.4 is 5.32 Å². The Hall–Kier alpha value is -0.610. The van der Waals surface area contributed by atoms with Crippen molar-refractivity contribution in [1.82, 2.24) is 10.4 Å². The summed E-state index contributed by atoms with van der Waals surface area (Å²) in [7, 11) is 0. The van der Waals surface area contributed by atoms with Crippen molar-refractivity contribution < 1.29 is 9.63 Å². The third-order valence-corrected chi connectivity index (χ3v) is 2.87. The fraction of sp³-hybridized carbons (Fsp3) is 0.900. The maximum atomic E-state index is 11.4. The Morgan fingerprint density at radius 3 is 3.07 bits per heavy atom. The van der Waals surface area contributed by atoms with Crippen LogP contribution in [0.5, 0.6) is 0 Å². The molecule has 0 bridgehead atoms. The smallest absolute Gasteiger partial charge is 0.248 e. The quantitative estimate of drug-likeness (QED) is 0.704. The van der Waals surface area contributed by atoms with Crippen molar-refractivity contribution in [2.75, 3.05) is 19.6 Å². The van der Waals surface area contributed by atoms with Gasteiger partial charge in [-0.25, -0.2) is 5.06 Å². The molecule has 0 aromatic heterocycles. The van der Waals surface area contributed by atoms with Crippen molar-refractivity contribution >= 4 is 5.91 Å². The summed E-state index contributed by atoms with van der Waals surface area (Å²) in [6.07, 6.45) is 3.02. The second kappa shape index (κ2) is 4.28. The van der Waals surface area contributed by atoms with Gasteiger partial charge in [0.15, 0.2) is 0 Å². The van der Waals surface area contributed by atoms with E-state index in [0.29, 0.717) is 12.3 Å². The first-order chi connectivity index (χ1) is 6.75. The molecule has 14 heavy (non-hydrogen) atoms. The Kier molecular flexibility index (Phi) is 3.03. The van der Waals surface area contributed by atoms with E-state index >= 15 is 0 Å². The molecule has 4 nitrogen and oxygen atoms in total. The van der Waals surface area contributed by atoms with Crippen molar-refractivity contribution in [1.29, 1.82) is 0 Å². The Morgan fingerprint density at radius 2 is 2.50 bits per heavy atom. The van der Waals surface area contributed by atoms with E-state index in [1.165, 1.54) is 12.8 Å². The third kappa shape index (κ3) is 2.25. The lowest BCUT2D eigenvalue weighted by Crippen LogP contribution is -2.38. The van der Waals surface area contributed by atoms with Gasteiger partial charge in [0.2, 0.25) is 5.91 Å². The van der Waals surface area contributed by atoms with Crippen molar-refractivity contribution in [3.8, 4) is 0 Å². The van der Waals surface area contributed by atoms with Crippen LogP contribution in [-0.2, 0) is 9.63 Å². The summed E-state index contributed by atoms with van der Waals surface area (Å²) in [5.41, 5.74) is 0. The van der Waals surface area contributed by atoms with Gasteiger partial charge >= 0.3 is 0 Å². The molecule has 0 saturated carbocycles. The van der Waals surface area contributed by atoms with Crippen molar-refractivity contribution in [3.05, 3.63) is 0 Å². The fourth-order valence-corrected chi connectivity index (χ4v) is 2.12. The number of hydroxylamine groups is 2. The number of amides is 1. The maximum absolute atomic E-state index is 11.4. The highest BCUT2D eigenvalue weighted by Gasteiger charge is 2.30. The first-order valence-corrected chi connectivity index (χ1v) is 5.43. The van der Waals surface area contributed by atoms with E-state index in [0.717, 1.165) is 19.6 Å². The molecule has 2 heterocycles. The van der Waals surface area contributed by atoms with E-state index in [2.05, 4.69) is 5.32 Å². The minimum absolute atomic E-state index is 0.0686. The zero-order valence-corrected chi connectivity index (χ0v) is 8.66. The highest BCUT2D eigenvalue weighted by Crippen LogP contribution is 2.19. The van der Waals surface area contributed by atoms with Gasteiger partial charge in [0.1, 0.15) is 0 Å². The van der Waals surface area contributed by atoms with E-state index in [-0.39, 0.29) is 12.0 Å². The topological polar surface area (TPSA) is 41.6 Å². The Bertz CT molecular complexity index is 214. The van der Waals surface area contributed by atoms with Crippen molar-refractivity contribution in [2.45, 2.75) is 32.3 Å². The monoisotopic (exact) mass is 198 g/mol. The van der Waals surface area contributed by atoms with Crippen molar-refractivity contribution in [2.24, 2.45) is 5.92 Å². The summed E-state index contributed by atoms with van der Waals surface area (Å²) >= 11 is 0. The minimum atomic E-state index is 0.0686. The van der Waals surface area contributed by atoms with Crippen LogP contribution in [0.3, 0.4) is 0 Å². The molecule has 0 aromatic carbocycles. The van der Waals surface area contributed by atoms with Gasteiger partial charge in [0, 0.05) is 0 Å². The maximum Gasteiger partial charge on any atom is 0.248 e. The molecule has 4 heteroatoms. The molecule has 0 radical (unpaired) electrons. The molecule has 80 valence electrons. The number of nitrogens with zero attached hydrogens (tertiary/aromatic N) is 1. The Morgan fingerprint density at radius 1 is 1.64 bits per heavy atom. The number of nitrogens with one attached hydrogen (secondary N) is 1. The van der Waals surface area contributed by atoms with Gasteiger partial charge in [0.25, 0.3) is 0 Å². The molecule has 1 N–H and O–H groups in total. The van der Waals surface area contributed by atoms with Crippen LogP contribution in [0, 0.1) is 5.92 Å². The molecule has 2 atom stereocenters. The number of hydrogen-bond acceptors (Lipinski definition) is 3. The zero-order valence-electron chi connectivity index (χ0n) is 8.66. The van der Waals surface area contributed by atoms with E-state index in [9.17, 15) is 4.79 Å². The summed E-state index contributed by atoms with van der Waals surface area (Å²) in [6, 6.07) is 0. The standard InChI is InChI=1S/C10H18N2O2/c1-8-5-10(13)12(14-8)7-9-3-2-4-11-6-9/h8-9,11H,2-7H2,1H3. The SMILES string of the molecule is CC1CC(=O)N(CC2CCCNC2)O1. The van der Waals surface area contributed by atoms with E-state index < -0.39 is 0 Å². The van der Waals surface area contributed by atoms with Crippen LogP contribution in [-0.4, -0.2) is 36.7 Å². The van der Waals surface area contributed by atoms with Crippen LogP contribution in [0.4, 0.5) is 0 Å². The van der Waals surface area contributed by atoms with E-state index in [1.54, 1.807) is 5.06 Å². The molecule has 0 spiro atoms. The molecule has 2 rings (SSSR count). The molecule has 2 fully saturated rings. The largest absolute Gasteiger partial charge is 0.316 e. The van der Waals surface area contributed by atoms with E-state index in [1.807, 2.05) is 6.92 Å². The second-order valence-corrected chi connectivity index (χ2v) is 4.29. The van der Waals surface area contributed by atoms with Crippen LogP contribution >= 0.6 is 0 Å². The summed E-state index contributed by atoms with van der Waals surface area (Å²) in [5.74, 6) is 0.709. The Balaban J connectivity index is 1.81. The van der Waals surface area contributed by atoms with Gasteiger partial charge in [-0.05, 0) is 38.8 Å². The molecule has 2 aliphatic heterocycles. The van der Waals surface area contributed by atoms with Gasteiger partial charge in [-0.1, -0.05) is 0 Å². The highest BCUT2D eigenvalue weighted by molar-refractivity contribution is 5.77. The molecule has 0 aromatic rings. The van der Waals surface area contributed by atoms with Gasteiger partial charge < -0.3 is 5.32 Å². The number of rotatable bonds is 2. The van der Waals surface area contributed by atoms with Crippen LogP contribution in [0.2, 0.25) is 0 Å². The first kappa shape index (κ1) is 9.93. The summed E-state index contributed by atoms with van der Waals surface area (Å²) < 4.78 is 0. The normalized spacial score (nSPS) is 33.8. The first-order valence-electron chi connectivity index (χ1n) is 5.43. The molecular weight excluding hydrogens is 180 g/mol. The van der Waals surface area contributed by atoms with Crippen LogP contribution in [0.25, 0.3) is 0 Å². The number of carbonyl (C=O) groups excluding carboxylic acids is 1. The fourth-order valence-electron chi connectivity index (χ4n) is 2.12. The summed E-state index contributed by atoms with van der Waals surface area (Å²) in [6.45, 7) is 4.83. The van der Waals surface area contributed by atoms with E-state index in [4.69, 9.17) is 4.84 Å². The predicted octanol–water partition coefficient (Wildman–Crippen LogP) is 0.538. The Labute approximate surface area is 84.6 Å². The molecule has 2 saturated heterocycles. The molecule has 2 unspecified atom stereocenters. The van der Waals surface area contributed by atoms with Gasteiger partial charge in [-0.3, -0.25) is 9.63 Å². The lowest BCUT2D eigenvalue weighted by Gasteiger charge is -2.26. The number of hydrogen-bond donors (Lipinski definition) is 1. The van der Waals surface area contributed by atoms with Crippen LogP contribution in [0.15, 0.2) is 0 Å². The second-order valence-electron chi connectivity index (χ2n) is 4.29. The molecule has 1 amide bonds. The average Bonchev–Trinajstić information content (AvgIpc) is 2.47. The van der Waals surface area contributed by atoms with Crippen LogP contribution in [0.1, 0.15) is 26.2 Å². The zero-order chi connectivity index (χ0) is 9.97.